The Morgan fingerprint density at radius 2 is 1.88 bits per heavy atom. The van der Waals surface area contributed by atoms with Crippen LogP contribution in [0.1, 0.15) is 76.8 Å². The number of hydrogen-bond donors (Lipinski definition) is 3. The third-order valence-corrected chi connectivity index (χ3v) is 6.74. The minimum absolute atomic E-state index is 0.0673. The zero-order valence-corrected chi connectivity index (χ0v) is 19.8. The molecule has 6 heteroatoms. The molecular formula is C26H34N4O2. The van der Waals surface area contributed by atoms with Crippen LogP contribution in [0.3, 0.4) is 0 Å². The Hall–Kier alpha value is -2.86. The number of aryl methyl sites for hydroxylation is 2. The van der Waals surface area contributed by atoms with E-state index in [4.69, 9.17) is 0 Å². The van der Waals surface area contributed by atoms with Crippen molar-refractivity contribution in [1.82, 2.24) is 20.2 Å². The standard InChI is InChI=1S/C26H34N4O2/c1-15(2)22-13-28-24-20(22)11-19(18-6-8-27-9-7-18)12-21(24)26(32)30(5)14-23-16(3)10-17(4)29-25(23)31/h10-13,15,18,27-28H,6-9,14H2,1-5H3,(H,29,31). The first kappa shape index (κ1) is 22.3. The van der Waals surface area contributed by atoms with E-state index in [1.54, 1.807) is 11.9 Å². The van der Waals surface area contributed by atoms with Gasteiger partial charge in [0.2, 0.25) is 0 Å². The van der Waals surface area contributed by atoms with Crippen LogP contribution in [0.15, 0.2) is 29.2 Å². The number of piperidine rings is 1. The second-order valence-electron chi connectivity index (χ2n) is 9.52. The Kier molecular flexibility index (Phi) is 6.24. The topological polar surface area (TPSA) is 81.0 Å². The van der Waals surface area contributed by atoms with E-state index in [-0.39, 0.29) is 18.0 Å². The zero-order chi connectivity index (χ0) is 23.0. The summed E-state index contributed by atoms with van der Waals surface area (Å²) in [5.41, 5.74) is 6.28. The highest BCUT2D eigenvalue weighted by atomic mass is 16.2. The van der Waals surface area contributed by atoms with E-state index >= 15 is 0 Å². The lowest BCUT2D eigenvalue weighted by Crippen LogP contribution is -2.31. The van der Waals surface area contributed by atoms with Gasteiger partial charge in [0.25, 0.3) is 11.5 Å². The first-order valence-electron chi connectivity index (χ1n) is 11.6. The number of benzene rings is 1. The van der Waals surface area contributed by atoms with Gasteiger partial charge in [-0.2, -0.15) is 0 Å². The van der Waals surface area contributed by atoms with Crippen molar-refractivity contribution in [2.75, 3.05) is 20.1 Å². The van der Waals surface area contributed by atoms with Gasteiger partial charge in [0.1, 0.15) is 0 Å². The van der Waals surface area contributed by atoms with Gasteiger partial charge in [0.15, 0.2) is 0 Å². The highest BCUT2D eigenvalue weighted by Gasteiger charge is 2.24. The molecule has 0 atom stereocenters. The predicted molar refractivity (Wildman–Crippen MR) is 130 cm³/mol. The Balaban J connectivity index is 1.75. The molecule has 32 heavy (non-hydrogen) atoms. The van der Waals surface area contributed by atoms with Crippen LogP contribution >= 0.6 is 0 Å². The van der Waals surface area contributed by atoms with E-state index in [2.05, 4.69) is 41.3 Å². The molecule has 0 bridgehead atoms. The van der Waals surface area contributed by atoms with Crippen molar-refractivity contribution in [3.63, 3.8) is 0 Å². The summed E-state index contributed by atoms with van der Waals surface area (Å²) in [6.07, 6.45) is 4.19. The number of aromatic amines is 2. The molecule has 2 aromatic heterocycles. The normalized spacial score (nSPS) is 14.9. The fourth-order valence-electron chi connectivity index (χ4n) is 4.91. The largest absolute Gasteiger partial charge is 0.360 e. The average Bonchev–Trinajstić information content (AvgIpc) is 3.20. The Bertz CT molecular complexity index is 1200. The minimum atomic E-state index is -0.127. The number of aromatic nitrogens is 2. The number of nitrogens with one attached hydrogen (secondary N) is 3. The number of rotatable bonds is 5. The zero-order valence-electron chi connectivity index (χ0n) is 19.8. The van der Waals surface area contributed by atoms with Gasteiger partial charge in [-0.25, -0.2) is 0 Å². The van der Waals surface area contributed by atoms with Crippen LogP contribution in [0.5, 0.6) is 0 Å². The molecule has 1 aliphatic heterocycles. The maximum Gasteiger partial charge on any atom is 0.256 e. The van der Waals surface area contributed by atoms with Gasteiger partial charge in [0, 0.05) is 29.9 Å². The average molecular weight is 435 g/mol. The molecule has 4 rings (SSSR count). The summed E-state index contributed by atoms with van der Waals surface area (Å²) in [5, 5.41) is 4.57. The van der Waals surface area contributed by atoms with E-state index in [9.17, 15) is 9.59 Å². The fraction of sp³-hybridized carbons (Fsp3) is 0.462. The van der Waals surface area contributed by atoms with Crippen molar-refractivity contribution in [1.29, 1.82) is 0 Å². The Morgan fingerprint density at radius 3 is 2.53 bits per heavy atom. The molecule has 0 aliphatic carbocycles. The number of carbonyl (C=O) groups excluding carboxylic acids is 1. The lowest BCUT2D eigenvalue weighted by atomic mass is 9.87. The molecule has 0 radical (unpaired) electrons. The van der Waals surface area contributed by atoms with Gasteiger partial charge < -0.3 is 20.2 Å². The van der Waals surface area contributed by atoms with Crippen molar-refractivity contribution >= 4 is 16.8 Å². The summed E-state index contributed by atoms with van der Waals surface area (Å²) in [5.74, 6) is 0.749. The van der Waals surface area contributed by atoms with Crippen molar-refractivity contribution in [2.45, 2.75) is 58.9 Å². The number of fused-ring (bicyclic) bond motifs is 1. The number of nitrogens with zero attached hydrogens (tertiary/aromatic N) is 1. The van der Waals surface area contributed by atoms with E-state index in [1.807, 2.05) is 26.1 Å². The second kappa shape index (κ2) is 8.94. The van der Waals surface area contributed by atoms with Gasteiger partial charge in [-0.05, 0) is 86.5 Å². The smallest absolute Gasteiger partial charge is 0.256 e. The summed E-state index contributed by atoms with van der Waals surface area (Å²) in [7, 11) is 1.77. The SMILES string of the molecule is Cc1cc(C)c(CN(C)C(=O)c2cc(C3CCNCC3)cc3c(C(C)C)c[nH]c23)c(=O)[nH]1. The van der Waals surface area contributed by atoms with Crippen molar-refractivity contribution in [2.24, 2.45) is 0 Å². The molecular weight excluding hydrogens is 400 g/mol. The summed E-state index contributed by atoms with van der Waals surface area (Å²) < 4.78 is 0. The van der Waals surface area contributed by atoms with Gasteiger partial charge >= 0.3 is 0 Å². The molecule has 1 fully saturated rings. The fourth-order valence-corrected chi connectivity index (χ4v) is 4.91. The lowest BCUT2D eigenvalue weighted by molar-refractivity contribution is 0.0786. The van der Waals surface area contributed by atoms with E-state index in [1.165, 1.54) is 11.1 Å². The number of H-pyrrole nitrogens is 2. The third kappa shape index (κ3) is 4.24. The van der Waals surface area contributed by atoms with Gasteiger partial charge in [-0.15, -0.1) is 0 Å². The van der Waals surface area contributed by atoms with Crippen LogP contribution in [0.25, 0.3) is 10.9 Å². The maximum atomic E-state index is 13.6. The van der Waals surface area contributed by atoms with Crippen LogP contribution in [-0.4, -0.2) is 40.9 Å². The molecule has 0 unspecified atom stereocenters. The Morgan fingerprint density at radius 1 is 1.16 bits per heavy atom. The van der Waals surface area contributed by atoms with E-state index in [0.717, 1.165) is 48.1 Å². The first-order chi connectivity index (χ1) is 15.3. The Labute approximate surface area is 189 Å². The van der Waals surface area contributed by atoms with Crippen molar-refractivity contribution in [3.05, 3.63) is 68.3 Å². The number of amides is 1. The number of pyridine rings is 1. The number of carbonyl (C=O) groups is 1. The van der Waals surface area contributed by atoms with Gasteiger partial charge in [-0.1, -0.05) is 13.8 Å². The summed E-state index contributed by atoms with van der Waals surface area (Å²) in [4.78, 5) is 34.0. The van der Waals surface area contributed by atoms with E-state index < -0.39 is 0 Å². The molecule has 1 aliphatic rings. The summed E-state index contributed by atoms with van der Waals surface area (Å²) in [6, 6.07) is 6.30. The quantitative estimate of drug-likeness (QED) is 0.559. The maximum absolute atomic E-state index is 13.6. The molecule has 3 N–H and O–H groups in total. The van der Waals surface area contributed by atoms with Crippen LogP contribution < -0.4 is 10.9 Å². The van der Waals surface area contributed by atoms with E-state index in [0.29, 0.717) is 23.0 Å². The van der Waals surface area contributed by atoms with Crippen molar-refractivity contribution in [3.8, 4) is 0 Å². The van der Waals surface area contributed by atoms with Gasteiger partial charge in [-0.3, -0.25) is 9.59 Å². The van der Waals surface area contributed by atoms with Crippen LogP contribution in [0.4, 0.5) is 0 Å². The highest BCUT2D eigenvalue weighted by Crippen LogP contribution is 2.34. The second-order valence-corrected chi connectivity index (χ2v) is 9.52. The summed E-state index contributed by atoms with van der Waals surface area (Å²) in [6.45, 7) is 10.4. The van der Waals surface area contributed by atoms with Crippen molar-refractivity contribution < 1.29 is 4.79 Å². The molecule has 170 valence electrons. The third-order valence-electron chi connectivity index (χ3n) is 6.74. The van der Waals surface area contributed by atoms with Crippen LogP contribution in [0, 0.1) is 13.8 Å². The number of hydrogen-bond acceptors (Lipinski definition) is 3. The molecule has 1 aromatic carbocycles. The lowest BCUT2D eigenvalue weighted by Gasteiger charge is -2.25. The molecule has 3 aromatic rings. The monoisotopic (exact) mass is 434 g/mol. The van der Waals surface area contributed by atoms with Crippen LogP contribution in [0.2, 0.25) is 0 Å². The molecule has 3 heterocycles. The molecule has 1 saturated heterocycles. The minimum Gasteiger partial charge on any atom is -0.360 e. The molecule has 6 nitrogen and oxygen atoms in total. The van der Waals surface area contributed by atoms with Gasteiger partial charge in [0.05, 0.1) is 17.6 Å². The summed E-state index contributed by atoms with van der Waals surface area (Å²) >= 11 is 0. The van der Waals surface area contributed by atoms with Crippen LogP contribution in [-0.2, 0) is 6.54 Å². The molecule has 1 amide bonds. The molecule has 0 saturated carbocycles. The first-order valence-corrected chi connectivity index (χ1v) is 11.6. The molecule has 0 spiro atoms. The predicted octanol–water partition coefficient (Wildman–Crippen LogP) is 4.34. The highest BCUT2D eigenvalue weighted by molar-refractivity contribution is 6.07.